The Bertz CT molecular complexity index is 1450. The fourth-order valence-corrected chi connectivity index (χ4v) is 5.32. The average Bonchev–Trinajstić information content (AvgIpc) is 2.88. The quantitative estimate of drug-likeness (QED) is 0.323. The maximum atomic E-state index is 14.9. The van der Waals surface area contributed by atoms with Crippen molar-refractivity contribution >= 4 is 50.4 Å². The fourth-order valence-electron chi connectivity index (χ4n) is 3.83. The van der Waals surface area contributed by atoms with Crippen LogP contribution in [0, 0.1) is 5.82 Å². The fraction of sp³-hybridized carbons (Fsp3) is 0.174. The Hall–Kier alpha value is -3.68. The van der Waals surface area contributed by atoms with Gasteiger partial charge >= 0.3 is 0 Å². The van der Waals surface area contributed by atoms with Crippen molar-refractivity contribution in [1.82, 2.24) is 14.8 Å². The first-order valence-electron chi connectivity index (χ1n) is 10.8. The molecule has 1 saturated heterocycles. The summed E-state index contributed by atoms with van der Waals surface area (Å²) >= 11 is 0.829. The van der Waals surface area contributed by atoms with Gasteiger partial charge in [0.15, 0.2) is 0 Å². The Morgan fingerprint density at radius 3 is 2.44 bits per heavy atom. The average molecular weight is 531 g/mol. The second-order valence-corrected chi connectivity index (χ2v) is 10.1. The number of rotatable bonds is 6. The highest BCUT2D eigenvalue weighted by Gasteiger charge is 2.27. The van der Waals surface area contributed by atoms with Gasteiger partial charge in [-0.2, -0.15) is 0 Å². The van der Waals surface area contributed by atoms with Crippen LogP contribution < -0.4 is 15.6 Å². The van der Waals surface area contributed by atoms with Crippen LogP contribution in [0.4, 0.5) is 10.1 Å². The summed E-state index contributed by atoms with van der Waals surface area (Å²) in [5.41, 5.74) is 5.71. The summed E-state index contributed by atoms with van der Waals surface area (Å²) < 4.78 is 43.0. The number of nitrogens with one attached hydrogen (secondary N) is 1. The predicted octanol–water partition coefficient (Wildman–Crippen LogP) is 1.87. The number of aromatic nitrogens is 1. The van der Waals surface area contributed by atoms with Crippen molar-refractivity contribution in [3.05, 3.63) is 77.2 Å². The highest BCUT2D eigenvalue weighted by atomic mass is 32.2. The third-order valence-electron chi connectivity index (χ3n) is 5.64. The van der Waals surface area contributed by atoms with Crippen LogP contribution in [0.5, 0.6) is 0 Å². The summed E-state index contributed by atoms with van der Waals surface area (Å²) in [6.07, 6.45) is 1.48. The first-order valence-corrected chi connectivity index (χ1v) is 13.2. The number of fused-ring (bicyclic) bond motifs is 1. The highest BCUT2D eigenvalue weighted by Crippen LogP contribution is 2.25. The maximum Gasteiger partial charge on any atom is 0.270 e. The smallest absolute Gasteiger partial charge is 0.270 e. The number of amides is 2. The lowest BCUT2D eigenvalue weighted by molar-refractivity contribution is -0.128. The van der Waals surface area contributed by atoms with E-state index >= 15 is 0 Å². The number of nitrogens with zero attached hydrogens (tertiary/aromatic N) is 3. The van der Waals surface area contributed by atoms with E-state index in [4.69, 9.17) is 10.9 Å². The normalized spacial score (nSPS) is 14.7. The van der Waals surface area contributed by atoms with Gasteiger partial charge in [0.2, 0.25) is 0 Å². The Labute approximate surface area is 211 Å². The largest absolute Gasteiger partial charge is 0.394 e. The second-order valence-electron chi connectivity index (χ2n) is 7.93. The SMILES string of the molecule is NS/C=C(\N)C(=O)N1CCN(C(=O)c2ccc(NS(=O)(=O)c3cccc4cccnc34)c(F)c2)CC1. The molecule has 13 heteroatoms. The van der Waals surface area contributed by atoms with Crippen molar-refractivity contribution in [2.75, 3.05) is 30.9 Å². The lowest BCUT2D eigenvalue weighted by Crippen LogP contribution is -2.51. The van der Waals surface area contributed by atoms with E-state index in [9.17, 15) is 22.4 Å². The molecule has 1 fully saturated rings. The molecule has 2 heterocycles. The van der Waals surface area contributed by atoms with Gasteiger partial charge in [-0.15, -0.1) is 0 Å². The number of hydrogen-bond donors (Lipinski definition) is 3. The van der Waals surface area contributed by atoms with Crippen LogP contribution >= 0.6 is 11.9 Å². The van der Waals surface area contributed by atoms with Gasteiger partial charge in [-0.3, -0.25) is 24.4 Å². The minimum atomic E-state index is -4.15. The Kier molecular flexibility index (Phi) is 7.43. The first-order chi connectivity index (χ1) is 17.2. The molecule has 4 rings (SSSR count). The lowest BCUT2D eigenvalue weighted by Gasteiger charge is -2.34. The number of para-hydroxylation sites is 1. The van der Waals surface area contributed by atoms with E-state index in [2.05, 4.69) is 9.71 Å². The van der Waals surface area contributed by atoms with Gasteiger partial charge in [0.1, 0.15) is 16.4 Å². The molecule has 1 aliphatic rings. The first kappa shape index (κ1) is 25.4. The van der Waals surface area contributed by atoms with Crippen LogP contribution in [0.15, 0.2) is 70.7 Å². The van der Waals surface area contributed by atoms with Gasteiger partial charge in [0.05, 0.1) is 11.2 Å². The van der Waals surface area contributed by atoms with E-state index < -0.39 is 21.7 Å². The second kappa shape index (κ2) is 10.5. The minimum absolute atomic E-state index is 0.0154. The number of halogens is 1. The Morgan fingerprint density at radius 2 is 1.75 bits per heavy atom. The lowest BCUT2D eigenvalue weighted by atomic mass is 10.1. The van der Waals surface area contributed by atoms with Gasteiger partial charge < -0.3 is 15.5 Å². The van der Waals surface area contributed by atoms with Gasteiger partial charge in [-0.25, -0.2) is 12.8 Å². The zero-order valence-electron chi connectivity index (χ0n) is 18.9. The number of piperazine rings is 1. The van der Waals surface area contributed by atoms with Crippen molar-refractivity contribution in [1.29, 1.82) is 0 Å². The molecule has 0 spiro atoms. The molecule has 2 aromatic carbocycles. The van der Waals surface area contributed by atoms with Crippen LogP contribution in [0.25, 0.3) is 10.9 Å². The molecule has 1 aliphatic heterocycles. The van der Waals surface area contributed by atoms with E-state index in [1.807, 2.05) is 0 Å². The van der Waals surface area contributed by atoms with Crippen molar-refractivity contribution in [2.24, 2.45) is 10.9 Å². The minimum Gasteiger partial charge on any atom is -0.394 e. The van der Waals surface area contributed by atoms with Gasteiger partial charge in [-0.05, 0) is 30.3 Å². The van der Waals surface area contributed by atoms with Crippen LogP contribution in [0.3, 0.4) is 0 Å². The van der Waals surface area contributed by atoms with E-state index in [0.29, 0.717) is 5.39 Å². The molecular weight excluding hydrogens is 507 g/mol. The van der Waals surface area contributed by atoms with E-state index in [1.165, 1.54) is 39.6 Å². The van der Waals surface area contributed by atoms with Gasteiger partial charge in [0.25, 0.3) is 21.8 Å². The standard InChI is InChI=1S/C23H23FN6O4S2/c24-17-13-16(22(31)29-9-11-30(12-10-29)23(32)18(25)14-35-26)6-7-19(17)28-36(33,34)20-5-1-3-15-4-2-8-27-21(15)20/h1-8,13-14,28H,9-12,25-26H2/b18-14-. The summed E-state index contributed by atoms with van der Waals surface area (Å²) in [4.78, 5) is 32.2. The molecule has 0 atom stereocenters. The molecule has 0 aliphatic carbocycles. The Morgan fingerprint density at radius 1 is 1.06 bits per heavy atom. The molecule has 1 aromatic heterocycles. The molecule has 0 unspecified atom stereocenters. The van der Waals surface area contributed by atoms with Crippen molar-refractivity contribution in [3.8, 4) is 0 Å². The van der Waals surface area contributed by atoms with Crippen LogP contribution in [0.2, 0.25) is 0 Å². The third-order valence-corrected chi connectivity index (χ3v) is 7.43. The van der Waals surface area contributed by atoms with E-state index in [-0.39, 0.29) is 59.4 Å². The molecule has 36 heavy (non-hydrogen) atoms. The van der Waals surface area contributed by atoms with Crippen LogP contribution in [-0.4, -0.2) is 61.2 Å². The summed E-state index contributed by atoms with van der Waals surface area (Å²) in [6, 6.07) is 11.6. The Balaban J connectivity index is 1.46. The molecule has 10 nitrogen and oxygen atoms in total. The van der Waals surface area contributed by atoms with Gasteiger partial charge in [-0.1, -0.05) is 30.1 Å². The topological polar surface area (TPSA) is 152 Å². The third kappa shape index (κ3) is 5.27. The zero-order chi connectivity index (χ0) is 25.9. The predicted molar refractivity (Wildman–Crippen MR) is 135 cm³/mol. The molecule has 0 bridgehead atoms. The van der Waals surface area contributed by atoms with Crippen LogP contribution in [-0.2, 0) is 14.8 Å². The number of carbonyl (C=O) groups is 2. The molecule has 188 valence electrons. The summed E-state index contributed by atoms with van der Waals surface area (Å²) in [5, 5.41) is 7.26. The van der Waals surface area contributed by atoms with Crippen molar-refractivity contribution in [2.45, 2.75) is 4.90 Å². The molecular formula is C23H23FN6O4S2. The number of benzene rings is 2. The maximum absolute atomic E-state index is 14.9. The summed E-state index contributed by atoms with van der Waals surface area (Å²) in [7, 11) is -4.15. The number of hydrogen-bond acceptors (Lipinski definition) is 8. The molecule has 0 saturated carbocycles. The molecule has 5 N–H and O–H groups in total. The molecule has 2 amide bonds. The highest BCUT2D eigenvalue weighted by molar-refractivity contribution is 8.00. The van der Waals surface area contributed by atoms with Crippen molar-refractivity contribution in [3.63, 3.8) is 0 Å². The molecule has 0 radical (unpaired) electrons. The number of carbonyl (C=O) groups excluding carboxylic acids is 2. The number of sulfonamides is 1. The van der Waals surface area contributed by atoms with Crippen molar-refractivity contribution < 1.29 is 22.4 Å². The number of pyridine rings is 1. The summed E-state index contributed by atoms with van der Waals surface area (Å²) in [5.74, 6) is -1.71. The zero-order valence-corrected chi connectivity index (χ0v) is 20.6. The van der Waals surface area contributed by atoms with Crippen LogP contribution in [0.1, 0.15) is 10.4 Å². The monoisotopic (exact) mass is 530 g/mol. The van der Waals surface area contributed by atoms with E-state index in [1.54, 1.807) is 24.3 Å². The van der Waals surface area contributed by atoms with Gasteiger partial charge in [0, 0.05) is 48.7 Å². The number of nitrogens with two attached hydrogens (primary N) is 2. The summed E-state index contributed by atoms with van der Waals surface area (Å²) in [6.45, 7) is 0.983. The molecule has 3 aromatic rings. The van der Waals surface area contributed by atoms with E-state index in [0.717, 1.165) is 18.0 Å². The number of anilines is 1.